The molecule has 2 aromatic rings. The summed E-state index contributed by atoms with van der Waals surface area (Å²) < 4.78 is 39.9. The number of methoxy groups -OCH3 is 1. The number of rotatable bonds is 6. The number of hydrogen-bond donors (Lipinski definition) is 1. The molecule has 0 radical (unpaired) electrons. The lowest BCUT2D eigenvalue weighted by atomic mass is 10.00. The van der Waals surface area contributed by atoms with Gasteiger partial charge in [-0.3, -0.25) is 4.72 Å². The molecule has 0 bridgehead atoms. The van der Waals surface area contributed by atoms with Crippen molar-refractivity contribution in [2.24, 2.45) is 0 Å². The van der Waals surface area contributed by atoms with Crippen LogP contribution in [0, 0.1) is 0 Å². The molecular weight excluding hydrogens is 376 g/mol. The lowest BCUT2D eigenvalue weighted by molar-refractivity contribution is 0.164. The maximum absolute atomic E-state index is 12.9. The average Bonchev–Trinajstić information content (AvgIpc) is 2.67. The Kier molecular flexibility index (Phi) is 5.86. The normalized spacial score (nSPS) is 16.6. The molecule has 152 valence electrons. The Morgan fingerprint density at radius 3 is 2.39 bits per heavy atom. The van der Waals surface area contributed by atoms with Crippen molar-refractivity contribution in [2.45, 2.75) is 37.1 Å². The third-order valence-electron chi connectivity index (χ3n) is 5.13. The Balaban J connectivity index is 1.93. The number of nitrogens with one attached hydrogen (secondary N) is 1. The monoisotopic (exact) mass is 404 g/mol. The molecule has 3 rings (SSSR count). The maximum atomic E-state index is 12.9. The van der Waals surface area contributed by atoms with Crippen LogP contribution in [-0.4, -0.2) is 47.2 Å². The second-order valence-electron chi connectivity index (χ2n) is 7.58. The Labute approximate surface area is 167 Å². The molecule has 1 atom stereocenters. The van der Waals surface area contributed by atoms with Crippen LogP contribution in [0.5, 0.6) is 11.5 Å². The van der Waals surface area contributed by atoms with Gasteiger partial charge in [0.25, 0.3) is 10.0 Å². The highest BCUT2D eigenvalue weighted by Gasteiger charge is 2.28. The van der Waals surface area contributed by atoms with E-state index in [-0.39, 0.29) is 10.9 Å². The van der Waals surface area contributed by atoms with Gasteiger partial charge < -0.3 is 14.4 Å². The van der Waals surface area contributed by atoms with Crippen molar-refractivity contribution in [3.63, 3.8) is 0 Å². The van der Waals surface area contributed by atoms with E-state index in [2.05, 4.69) is 23.5 Å². The smallest absolute Gasteiger partial charge is 0.262 e. The number of nitrogens with zero attached hydrogens (tertiary/aromatic N) is 1. The van der Waals surface area contributed by atoms with Crippen LogP contribution in [0.25, 0.3) is 0 Å². The molecule has 0 aliphatic carbocycles. The van der Waals surface area contributed by atoms with E-state index in [0.717, 1.165) is 17.5 Å². The van der Waals surface area contributed by atoms with E-state index in [9.17, 15) is 8.42 Å². The standard InChI is InChI=1S/C21H28N2O4S/c1-14(2)15-6-8-17(9-7-15)28(24,25)22-19-10-11-20(26-5)18-12-16(23(3)4)13-27-21(18)19/h6-11,14,16,22H,12-13H2,1-5H3/t16-/m1/s1. The highest BCUT2D eigenvalue weighted by molar-refractivity contribution is 7.92. The number of hydrogen-bond acceptors (Lipinski definition) is 5. The van der Waals surface area contributed by atoms with E-state index in [0.29, 0.717) is 29.7 Å². The van der Waals surface area contributed by atoms with Crippen LogP contribution in [0.3, 0.4) is 0 Å². The van der Waals surface area contributed by atoms with Crippen molar-refractivity contribution in [1.82, 2.24) is 4.90 Å². The zero-order valence-electron chi connectivity index (χ0n) is 17.0. The van der Waals surface area contributed by atoms with Gasteiger partial charge in [-0.05, 0) is 56.3 Å². The molecule has 0 spiro atoms. The zero-order chi connectivity index (χ0) is 20.5. The average molecular weight is 405 g/mol. The fraction of sp³-hybridized carbons (Fsp3) is 0.429. The molecule has 0 saturated carbocycles. The number of benzene rings is 2. The molecule has 0 fully saturated rings. The van der Waals surface area contributed by atoms with Crippen molar-refractivity contribution >= 4 is 15.7 Å². The summed E-state index contributed by atoms with van der Waals surface area (Å²) in [7, 11) is 1.88. The minimum atomic E-state index is -3.72. The molecule has 0 saturated heterocycles. The fourth-order valence-electron chi connectivity index (χ4n) is 3.28. The van der Waals surface area contributed by atoms with Crippen LogP contribution in [-0.2, 0) is 16.4 Å². The van der Waals surface area contributed by atoms with Gasteiger partial charge >= 0.3 is 0 Å². The van der Waals surface area contributed by atoms with E-state index < -0.39 is 10.0 Å². The Bertz CT molecular complexity index is 938. The topological polar surface area (TPSA) is 67.9 Å². The first-order valence-electron chi connectivity index (χ1n) is 9.34. The lowest BCUT2D eigenvalue weighted by Crippen LogP contribution is -2.38. The summed E-state index contributed by atoms with van der Waals surface area (Å²) in [6, 6.07) is 10.6. The van der Waals surface area contributed by atoms with Gasteiger partial charge in [0.2, 0.25) is 0 Å². The van der Waals surface area contributed by atoms with E-state index in [1.54, 1.807) is 31.4 Å². The molecule has 0 unspecified atom stereocenters. The van der Waals surface area contributed by atoms with Crippen LogP contribution < -0.4 is 14.2 Å². The zero-order valence-corrected chi connectivity index (χ0v) is 17.8. The maximum Gasteiger partial charge on any atom is 0.262 e. The van der Waals surface area contributed by atoms with Gasteiger partial charge in [-0.2, -0.15) is 0 Å². The molecule has 1 heterocycles. The summed E-state index contributed by atoms with van der Waals surface area (Å²) in [6.07, 6.45) is 0.726. The molecule has 7 heteroatoms. The van der Waals surface area contributed by atoms with Gasteiger partial charge in [0.1, 0.15) is 18.1 Å². The highest BCUT2D eigenvalue weighted by atomic mass is 32.2. The number of likely N-dealkylation sites (N-methyl/N-ethyl adjacent to an activating group) is 1. The van der Waals surface area contributed by atoms with E-state index in [1.165, 1.54) is 0 Å². The number of sulfonamides is 1. The molecule has 1 aliphatic rings. The van der Waals surface area contributed by atoms with E-state index in [1.807, 2.05) is 26.2 Å². The summed E-state index contributed by atoms with van der Waals surface area (Å²) >= 11 is 0. The summed E-state index contributed by atoms with van der Waals surface area (Å²) in [5.74, 6) is 1.59. The van der Waals surface area contributed by atoms with Crippen molar-refractivity contribution in [2.75, 3.05) is 32.5 Å². The van der Waals surface area contributed by atoms with E-state index >= 15 is 0 Å². The number of anilines is 1. The van der Waals surface area contributed by atoms with Gasteiger partial charge in [0.05, 0.1) is 17.7 Å². The molecule has 1 aliphatic heterocycles. The summed E-state index contributed by atoms with van der Waals surface area (Å²) in [5.41, 5.74) is 2.41. The van der Waals surface area contributed by atoms with Crippen molar-refractivity contribution in [3.05, 3.63) is 47.5 Å². The van der Waals surface area contributed by atoms with Crippen LogP contribution in [0.1, 0.15) is 30.9 Å². The second kappa shape index (κ2) is 8.01. The van der Waals surface area contributed by atoms with Crippen LogP contribution in [0.2, 0.25) is 0 Å². The van der Waals surface area contributed by atoms with Crippen molar-refractivity contribution in [3.8, 4) is 11.5 Å². The van der Waals surface area contributed by atoms with Gasteiger partial charge in [-0.1, -0.05) is 26.0 Å². The molecule has 28 heavy (non-hydrogen) atoms. The first kappa shape index (κ1) is 20.5. The SMILES string of the molecule is COc1ccc(NS(=O)(=O)c2ccc(C(C)C)cc2)c2c1C[C@@H](N(C)C)CO2. The van der Waals surface area contributed by atoms with Gasteiger partial charge in [0.15, 0.2) is 0 Å². The Hall–Kier alpha value is -2.25. The number of fused-ring (bicyclic) bond motifs is 1. The molecule has 6 nitrogen and oxygen atoms in total. The molecule has 2 aromatic carbocycles. The van der Waals surface area contributed by atoms with Crippen LogP contribution in [0.15, 0.2) is 41.3 Å². The third kappa shape index (κ3) is 4.10. The molecule has 0 aromatic heterocycles. The second-order valence-corrected chi connectivity index (χ2v) is 9.27. The molecular formula is C21H28N2O4S. The van der Waals surface area contributed by atoms with Crippen LogP contribution in [0.4, 0.5) is 5.69 Å². The number of ether oxygens (including phenoxy) is 2. The van der Waals surface area contributed by atoms with Crippen molar-refractivity contribution in [1.29, 1.82) is 0 Å². The van der Waals surface area contributed by atoms with Crippen LogP contribution >= 0.6 is 0 Å². The summed E-state index contributed by atoms with van der Waals surface area (Å²) in [5, 5.41) is 0. The minimum absolute atomic E-state index is 0.205. The van der Waals surface area contributed by atoms with Gasteiger partial charge in [-0.25, -0.2) is 8.42 Å². The minimum Gasteiger partial charge on any atom is -0.496 e. The fourth-order valence-corrected chi connectivity index (χ4v) is 4.34. The predicted molar refractivity (Wildman–Crippen MR) is 111 cm³/mol. The first-order valence-corrected chi connectivity index (χ1v) is 10.8. The Morgan fingerprint density at radius 2 is 1.82 bits per heavy atom. The highest BCUT2D eigenvalue weighted by Crippen LogP contribution is 2.40. The third-order valence-corrected chi connectivity index (χ3v) is 6.51. The van der Waals surface area contributed by atoms with E-state index in [4.69, 9.17) is 9.47 Å². The molecule has 1 N–H and O–H groups in total. The largest absolute Gasteiger partial charge is 0.496 e. The molecule has 0 amide bonds. The summed E-state index contributed by atoms with van der Waals surface area (Å²) in [6.45, 7) is 4.64. The first-order chi connectivity index (χ1) is 13.2. The van der Waals surface area contributed by atoms with Crippen molar-refractivity contribution < 1.29 is 17.9 Å². The summed E-state index contributed by atoms with van der Waals surface area (Å²) in [4.78, 5) is 2.32. The quantitative estimate of drug-likeness (QED) is 0.798. The van der Waals surface area contributed by atoms with Gasteiger partial charge in [0, 0.05) is 11.6 Å². The van der Waals surface area contributed by atoms with Gasteiger partial charge in [-0.15, -0.1) is 0 Å². The Morgan fingerprint density at radius 1 is 1.14 bits per heavy atom. The predicted octanol–water partition coefficient (Wildman–Crippen LogP) is 3.48. The lowest BCUT2D eigenvalue weighted by Gasteiger charge is -2.32.